The van der Waals surface area contributed by atoms with Crippen LogP contribution in [0.5, 0.6) is 0 Å². The second kappa shape index (κ2) is 6.91. The molecule has 1 aliphatic rings. The summed E-state index contributed by atoms with van der Waals surface area (Å²) in [5.41, 5.74) is 6.07. The average molecular weight is 392 g/mol. The summed E-state index contributed by atoms with van der Waals surface area (Å²) in [6, 6.07) is 5.77. The Balaban J connectivity index is 1.31. The van der Waals surface area contributed by atoms with Crippen LogP contribution in [-0.2, 0) is 31.2 Å². The molecule has 4 aromatic rings. The Morgan fingerprint density at radius 3 is 3.07 bits per heavy atom. The molecule has 0 radical (unpaired) electrons. The molecule has 3 heterocycles. The van der Waals surface area contributed by atoms with E-state index < -0.39 is 0 Å². The molecule has 0 amide bonds. The molecule has 0 aliphatic heterocycles. The fraction of sp³-hybridized carbons (Fsp3) is 0.286. The van der Waals surface area contributed by atoms with Gasteiger partial charge in [0.25, 0.3) is 0 Å². The molecule has 0 atom stereocenters. The topological polar surface area (TPSA) is 72.8 Å². The fourth-order valence-corrected chi connectivity index (χ4v) is 4.57. The monoisotopic (exact) mass is 392 g/mol. The number of benzene rings is 1. The van der Waals surface area contributed by atoms with Crippen LogP contribution in [0.25, 0.3) is 21.5 Å². The lowest BCUT2D eigenvalue weighted by molar-refractivity contribution is 0.0468. The number of thiazole rings is 1. The van der Waals surface area contributed by atoms with E-state index in [0.717, 1.165) is 40.0 Å². The molecule has 0 fully saturated rings. The van der Waals surface area contributed by atoms with Crippen LogP contribution in [-0.4, -0.2) is 25.7 Å². The molecule has 7 heteroatoms. The summed E-state index contributed by atoms with van der Waals surface area (Å²) in [5.74, 6) is -0.316. The molecule has 1 aliphatic carbocycles. The maximum atomic E-state index is 12.6. The molecule has 0 saturated heterocycles. The number of rotatable bonds is 4. The minimum absolute atomic E-state index is 0.166. The number of esters is 1. The largest absolute Gasteiger partial charge is 0.456 e. The Kier molecular flexibility index (Phi) is 4.24. The number of nitrogens with one attached hydrogen (secondary N) is 1. The van der Waals surface area contributed by atoms with E-state index in [4.69, 9.17) is 4.74 Å². The van der Waals surface area contributed by atoms with Gasteiger partial charge < -0.3 is 9.72 Å². The number of aromatic amines is 1. The lowest BCUT2D eigenvalue weighted by Gasteiger charge is -2.10. The number of aryl methyl sites for hydroxylation is 3. The van der Waals surface area contributed by atoms with Crippen molar-refractivity contribution in [2.24, 2.45) is 7.05 Å². The molecule has 0 unspecified atom stereocenters. The molecule has 3 aromatic heterocycles. The quantitative estimate of drug-likeness (QED) is 0.527. The Labute approximate surface area is 166 Å². The number of carbonyl (C=O) groups is 1. The van der Waals surface area contributed by atoms with Gasteiger partial charge in [-0.15, -0.1) is 11.3 Å². The van der Waals surface area contributed by atoms with Crippen LogP contribution in [0.15, 0.2) is 36.0 Å². The highest BCUT2D eigenvalue weighted by Crippen LogP contribution is 2.30. The maximum absolute atomic E-state index is 12.6. The van der Waals surface area contributed by atoms with Crippen LogP contribution in [0.1, 0.15) is 40.2 Å². The van der Waals surface area contributed by atoms with Crippen molar-refractivity contribution in [1.29, 1.82) is 0 Å². The highest BCUT2D eigenvalue weighted by atomic mass is 32.1. The summed E-state index contributed by atoms with van der Waals surface area (Å²) in [4.78, 5) is 20.6. The number of ether oxygens (including phenoxy) is 1. The number of aromatic nitrogens is 4. The van der Waals surface area contributed by atoms with Crippen molar-refractivity contribution in [1.82, 2.24) is 19.7 Å². The minimum atomic E-state index is -0.316. The van der Waals surface area contributed by atoms with Crippen molar-refractivity contribution in [2.75, 3.05) is 0 Å². The molecule has 142 valence electrons. The predicted octanol–water partition coefficient (Wildman–Crippen LogP) is 4.26. The molecule has 1 N–H and O–H groups in total. The van der Waals surface area contributed by atoms with E-state index in [1.807, 2.05) is 36.8 Å². The molecular formula is C21H20N4O2S. The molecule has 1 aromatic carbocycles. The first kappa shape index (κ1) is 17.2. The minimum Gasteiger partial charge on any atom is -0.456 e. The Morgan fingerprint density at radius 2 is 2.21 bits per heavy atom. The normalized spacial score (nSPS) is 13.6. The first-order valence-corrected chi connectivity index (χ1v) is 10.3. The van der Waals surface area contributed by atoms with Gasteiger partial charge in [-0.1, -0.05) is 0 Å². The van der Waals surface area contributed by atoms with E-state index in [1.165, 1.54) is 35.4 Å². The van der Waals surface area contributed by atoms with Crippen LogP contribution >= 0.6 is 11.3 Å². The average Bonchev–Trinajstić information content (AvgIpc) is 3.43. The first-order valence-electron chi connectivity index (χ1n) is 9.41. The summed E-state index contributed by atoms with van der Waals surface area (Å²) < 4.78 is 7.25. The number of nitrogens with zero attached hydrogens (tertiary/aromatic N) is 3. The first-order chi connectivity index (χ1) is 13.7. The van der Waals surface area contributed by atoms with Crippen molar-refractivity contribution in [3.63, 3.8) is 0 Å². The summed E-state index contributed by atoms with van der Waals surface area (Å²) in [6.07, 6.45) is 8.29. The van der Waals surface area contributed by atoms with Gasteiger partial charge in [0.15, 0.2) is 0 Å². The molecule has 5 rings (SSSR count). The standard InChI is InChI=1S/C21H20N4O2S/c1-25-10-14(9-22-25)20-23-15(12-28-20)11-27-21(26)13-6-7-19-17(8-13)16-4-2-3-5-18(16)24-19/h6-10,12,24H,2-5,11H2,1H3. The smallest absolute Gasteiger partial charge is 0.338 e. The van der Waals surface area contributed by atoms with Crippen molar-refractivity contribution < 1.29 is 9.53 Å². The van der Waals surface area contributed by atoms with E-state index in [9.17, 15) is 4.79 Å². The molecule has 28 heavy (non-hydrogen) atoms. The predicted molar refractivity (Wildman–Crippen MR) is 108 cm³/mol. The van der Waals surface area contributed by atoms with Gasteiger partial charge in [-0.2, -0.15) is 5.10 Å². The van der Waals surface area contributed by atoms with Gasteiger partial charge in [-0.05, 0) is 49.4 Å². The third-order valence-electron chi connectivity index (χ3n) is 5.19. The highest BCUT2D eigenvalue weighted by molar-refractivity contribution is 7.13. The van der Waals surface area contributed by atoms with Gasteiger partial charge >= 0.3 is 5.97 Å². The van der Waals surface area contributed by atoms with Gasteiger partial charge in [-0.3, -0.25) is 4.68 Å². The van der Waals surface area contributed by atoms with Gasteiger partial charge in [0.05, 0.1) is 17.5 Å². The third-order valence-corrected chi connectivity index (χ3v) is 6.13. The van der Waals surface area contributed by atoms with Gasteiger partial charge in [0.1, 0.15) is 11.6 Å². The number of fused-ring (bicyclic) bond motifs is 3. The van der Waals surface area contributed by atoms with E-state index in [0.29, 0.717) is 5.56 Å². The molecule has 0 saturated carbocycles. The van der Waals surface area contributed by atoms with Crippen molar-refractivity contribution in [3.8, 4) is 10.6 Å². The number of hydrogen-bond donors (Lipinski definition) is 1. The van der Waals surface area contributed by atoms with Crippen molar-refractivity contribution in [3.05, 3.63) is 58.5 Å². The van der Waals surface area contributed by atoms with Gasteiger partial charge in [0, 0.05) is 40.8 Å². The van der Waals surface area contributed by atoms with Crippen LogP contribution in [0.4, 0.5) is 0 Å². The van der Waals surface area contributed by atoms with Crippen LogP contribution in [0, 0.1) is 0 Å². The highest BCUT2D eigenvalue weighted by Gasteiger charge is 2.17. The zero-order valence-electron chi connectivity index (χ0n) is 15.6. The summed E-state index contributed by atoms with van der Waals surface area (Å²) in [7, 11) is 1.87. The maximum Gasteiger partial charge on any atom is 0.338 e. The van der Waals surface area contributed by atoms with Crippen LogP contribution in [0.2, 0.25) is 0 Å². The molecule has 0 bridgehead atoms. The van der Waals surface area contributed by atoms with E-state index >= 15 is 0 Å². The van der Waals surface area contributed by atoms with E-state index in [2.05, 4.69) is 15.1 Å². The summed E-state index contributed by atoms with van der Waals surface area (Å²) in [6.45, 7) is 0.166. The third kappa shape index (κ3) is 3.11. The van der Waals surface area contributed by atoms with Crippen LogP contribution in [0.3, 0.4) is 0 Å². The fourth-order valence-electron chi connectivity index (χ4n) is 3.79. The Morgan fingerprint density at radius 1 is 1.32 bits per heavy atom. The number of hydrogen-bond acceptors (Lipinski definition) is 5. The van der Waals surface area contributed by atoms with E-state index in [1.54, 1.807) is 10.9 Å². The SMILES string of the molecule is Cn1cc(-c2nc(COC(=O)c3ccc4[nH]c5c(c4c3)CCCC5)cs2)cn1. The second-order valence-corrected chi connectivity index (χ2v) is 8.03. The Bertz CT molecular complexity index is 1170. The lowest BCUT2D eigenvalue weighted by Crippen LogP contribution is -2.05. The Hall–Kier alpha value is -2.93. The molecule has 6 nitrogen and oxygen atoms in total. The lowest BCUT2D eigenvalue weighted by atomic mass is 9.95. The number of H-pyrrole nitrogens is 1. The molecular weight excluding hydrogens is 372 g/mol. The van der Waals surface area contributed by atoms with Crippen LogP contribution < -0.4 is 0 Å². The zero-order valence-corrected chi connectivity index (χ0v) is 16.4. The zero-order chi connectivity index (χ0) is 19.1. The van der Waals surface area contributed by atoms with Gasteiger partial charge in [0.2, 0.25) is 0 Å². The summed E-state index contributed by atoms with van der Waals surface area (Å²) in [5, 5.41) is 8.10. The van der Waals surface area contributed by atoms with Gasteiger partial charge in [-0.25, -0.2) is 9.78 Å². The molecule has 0 spiro atoms. The van der Waals surface area contributed by atoms with Crippen molar-refractivity contribution in [2.45, 2.75) is 32.3 Å². The van der Waals surface area contributed by atoms with E-state index in [-0.39, 0.29) is 12.6 Å². The van der Waals surface area contributed by atoms with Crippen molar-refractivity contribution >= 4 is 28.2 Å². The summed E-state index contributed by atoms with van der Waals surface area (Å²) >= 11 is 1.52. The second-order valence-electron chi connectivity index (χ2n) is 7.17. The number of carbonyl (C=O) groups excluding carboxylic acids is 1.